The first-order chi connectivity index (χ1) is 30.7. The van der Waals surface area contributed by atoms with Gasteiger partial charge < -0.3 is 63.7 Å². The number of aliphatic hydroxyl groups is 1. The molecule has 7 unspecified atom stereocenters. The maximum absolute atomic E-state index is 10.0. The molecule has 71 heavy (non-hydrogen) atoms. The molecule has 0 radical (unpaired) electrons. The summed E-state index contributed by atoms with van der Waals surface area (Å²) in [7, 11) is -21.1. The van der Waals surface area contributed by atoms with Crippen molar-refractivity contribution >= 4 is 125 Å². The first-order valence-electron chi connectivity index (χ1n) is 24.5. The van der Waals surface area contributed by atoms with Crippen LogP contribution in [0, 0.1) is 6.92 Å². The van der Waals surface area contributed by atoms with E-state index in [1.165, 1.54) is 0 Å². The summed E-state index contributed by atoms with van der Waals surface area (Å²) < 4.78 is 95.5. The van der Waals surface area contributed by atoms with Crippen LogP contribution in [0.15, 0.2) is 0 Å². The second-order valence-electron chi connectivity index (χ2n) is 23.4. The van der Waals surface area contributed by atoms with Gasteiger partial charge in [0.2, 0.25) is 0 Å². The Morgan fingerprint density at radius 1 is 0.662 bits per heavy atom. The second-order valence-corrected chi connectivity index (χ2v) is 69.8. The van der Waals surface area contributed by atoms with Gasteiger partial charge >= 0.3 is 76.2 Å². The second kappa shape index (κ2) is 39.9. The molecule has 0 bridgehead atoms. The molecular weight excluding hydrogens is 1170 g/mol. The summed E-state index contributed by atoms with van der Waals surface area (Å²) in [4.78, 5) is 1.85. The maximum Gasteiger partial charge on any atom is 1.00 e. The zero-order chi connectivity index (χ0) is 54.9. The third kappa shape index (κ3) is 63.6. The average molecular weight is 1280 g/mol. The van der Waals surface area contributed by atoms with Crippen molar-refractivity contribution in [3.63, 3.8) is 0 Å². The Kier molecular flexibility index (Phi) is 47.4. The van der Waals surface area contributed by atoms with Gasteiger partial charge in [0.25, 0.3) is 27.9 Å². The van der Waals surface area contributed by atoms with E-state index < -0.39 is 119 Å². The minimum atomic E-state index is -3.97. The Balaban J connectivity index is -0.000000297. The van der Waals surface area contributed by atoms with E-state index in [0.717, 1.165) is 57.7 Å². The fourth-order valence-corrected chi connectivity index (χ4v) is 46.9. The van der Waals surface area contributed by atoms with Gasteiger partial charge in [-0.25, -0.2) is 8.42 Å². The van der Waals surface area contributed by atoms with Gasteiger partial charge in [-0.05, 0) is 189 Å². The topological polar surface area (TPSA) is 185 Å². The van der Waals surface area contributed by atoms with Gasteiger partial charge in [0.05, 0.1) is 19.8 Å². The van der Waals surface area contributed by atoms with E-state index in [9.17, 15) is 18.1 Å². The van der Waals surface area contributed by atoms with Gasteiger partial charge in [-0.1, -0.05) is 0 Å². The van der Waals surface area contributed by atoms with Crippen LogP contribution in [0.25, 0.3) is 0 Å². The molecule has 0 amide bonds. The minimum Gasteiger partial charge on any atom is -0.745 e. The van der Waals surface area contributed by atoms with E-state index in [2.05, 4.69) is 170 Å². The fraction of sp³-hybridized carbons (Fsp3) is 0.974. The molecule has 420 valence electrons. The van der Waals surface area contributed by atoms with Crippen molar-refractivity contribution in [3.8, 4) is 0 Å². The van der Waals surface area contributed by atoms with Gasteiger partial charge in [-0.3, -0.25) is 4.90 Å². The van der Waals surface area contributed by atoms with Crippen LogP contribution in [0.1, 0.15) is 19.3 Å². The average Bonchev–Trinajstić information content (AvgIpc) is 3.87. The van der Waals surface area contributed by atoms with E-state index in [0.29, 0.717) is 19.3 Å². The molecule has 32 heteroatoms. The predicted molar refractivity (Wildman–Crippen MR) is 322 cm³/mol. The van der Waals surface area contributed by atoms with Crippen molar-refractivity contribution < 1.29 is 124 Å². The van der Waals surface area contributed by atoms with Crippen molar-refractivity contribution in [3.05, 3.63) is 6.92 Å². The Morgan fingerprint density at radius 3 is 1.24 bits per heavy atom. The summed E-state index contributed by atoms with van der Waals surface area (Å²) in [5.41, 5.74) is 0.131. The van der Waals surface area contributed by atoms with Crippen LogP contribution in [0.4, 0.5) is 0 Å². The molecule has 0 aromatic rings. The van der Waals surface area contributed by atoms with E-state index >= 15 is 0 Å². The minimum absolute atomic E-state index is 0. The van der Waals surface area contributed by atoms with Gasteiger partial charge in [-0.2, -0.15) is 19.0 Å². The van der Waals surface area contributed by atoms with Crippen molar-refractivity contribution in [1.82, 2.24) is 4.90 Å². The molecule has 7 atom stereocenters. The number of rotatable bonds is 33. The summed E-state index contributed by atoms with van der Waals surface area (Å²) in [6.07, 6.45) is 2.37. The summed E-state index contributed by atoms with van der Waals surface area (Å²) in [6.45, 7) is 58.4. The quantitative estimate of drug-likeness (QED) is 0.0142. The molecule has 1 fully saturated rings. The van der Waals surface area contributed by atoms with E-state index in [1.807, 2.05) is 11.9 Å². The molecule has 16 nitrogen and oxygen atoms in total. The summed E-state index contributed by atoms with van der Waals surface area (Å²) >= 11 is 3.55. The molecule has 1 heterocycles. The van der Waals surface area contributed by atoms with Crippen molar-refractivity contribution in [2.75, 3.05) is 52.1 Å². The smallest absolute Gasteiger partial charge is 0.745 e. The number of hydrogen-bond acceptors (Lipinski definition) is 17. The van der Waals surface area contributed by atoms with Gasteiger partial charge in [0.15, 0.2) is 49.9 Å². The van der Waals surface area contributed by atoms with Gasteiger partial charge in [0, 0.05) is 26.5 Å². The van der Waals surface area contributed by atoms with Crippen LogP contribution in [-0.2, 0) is 56.9 Å². The fourth-order valence-electron chi connectivity index (χ4n) is 6.49. The Labute approximate surface area is 502 Å². The van der Waals surface area contributed by atoms with Crippen LogP contribution >= 0.6 is 20.4 Å². The number of epoxide rings is 1. The van der Waals surface area contributed by atoms with Crippen LogP contribution in [-0.4, -0.2) is 182 Å². The summed E-state index contributed by atoms with van der Waals surface area (Å²) in [6, 6.07) is 1.85. The van der Waals surface area contributed by atoms with Crippen molar-refractivity contribution in [2.24, 2.45) is 0 Å². The monoisotopic (exact) mass is 1280 g/mol. The third-order valence-electron chi connectivity index (χ3n) is 8.03. The van der Waals surface area contributed by atoms with Crippen LogP contribution in [0.5, 0.6) is 0 Å². The SMILES string of the molecule is C[SiH](O[Si](C)(C)C)O[Si](C)(C)C.C[SiH](O[Si](C)(C)C)O[Si](C)(CCCOCC1CO1)O[Si](C)(C)C.O=S(=O)([O-])PCS.[CH2-]CCN(C)C(O)COCCC[Si](C)(O[SiH](C)O[Si](C)(C)C)O[Si](C)(C)C.[Na+].[Na+]. The molecule has 1 aliphatic rings. The van der Waals surface area contributed by atoms with Crippen LogP contribution in [0.3, 0.4) is 0 Å². The molecule has 1 saturated heterocycles. The number of nitrogens with zero attached hydrogens (tertiary/aromatic N) is 1. The zero-order valence-electron chi connectivity index (χ0n) is 50.0. The van der Waals surface area contributed by atoms with E-state index in [4.69, 9.17) is 47.1 Å². The van der Waals surface area contributed by atoms with Gasteiger partial charge in [0.1, 0.15) is 22.1 Å². The normalized spacial score (nSPS) is 17.8. The number of likely N-dealkylation sites (N-methyl/N-ethyl adjacent to an activating group) is 1. The Bertz CT molecular complexity index is 1440. The number of ether oxygens (including phenoxy) is 3. The molecule has 1 aliphatic heterocycles. The van der Waals surface area contributed by atoms with E-state index in [1.54, 1.807) is 0 Å². The molecule has 0 aromatic heterocycles. The Hall–Kier alpha value is 4.56. The standard InChI is InChI=1S/C17H44NO5Si4.C14H36O5Si4.C7H22O2Si3.CH5O3PS2.2Na/c1-11-13-18(2)17(19)16-20-14-12-15-27(10,23-26(7,8)9)22-24(3)21-25(4,5)6;1-20(17-21(2,3)4)18-23(8,19-22(5,6)7)11-9-10-15-12-14-13-16-14;1-10(8-11(2,3)4)9-12(5,6)7;2-7(3,4)5-1-6;;/h17,19,24H,1,11-16H2,2-10H3;14,20H,9-13H2,1-8H3;10H,1-7H3;5-6H,1H2,(H,2,3,4);;/q-1;;;;2*+1/p-1. The molecular formula is C39H106NNa2O15PS2Si11. The summed E-state index contributed by atoms with van der Waals surface area (Å²) in [5.74, 6) is 0. The molecule has 0 aromatic carbocycles. The molecule has 1 rings (SSSR count). The summed E-state index contributed by atoms with van der Waals surface area (Å²) in [5, 5.41) is 10.0. The Morgan fingerprint density at radius 2 is 0.986 bits per heavy atom. The van der Waals surface area contributed by atoms with Crippen LogP contribution in [0.2, 0.25) is 163 Å². The molecule has 0 saturated carbocycles. The number of aliphatic hydroxyl groups excluding tert-OH is 1. The molecule has 0 spiro atoms. The van der Waals surface area contributed by atoms with E-state index in [-0.39, 0.29) is 64.6 Å². The van der Waals surface area contributed by atoms with Crippen LogP contribution < -0.4 is 59.1 Å². The molecule has 1 N–H and O–H groups in total. The zero-order valence-corrected chi connectivity index (χ0v) is 68.2. The molecule has 0 aliphatic carbocycles. The first kappa shape index (κ1) is 84.4. The van der Waals surface area contributed by atoms with Crippen molar-refractivity contribution in [1.29, 1.82) is 0 Å². The predicted octanol–water partition coefficient (Wildman–Crippen LogP) is 3.50. The first-order valence-corrected chi connectivity index (χ1v) is 60.2. The maximum atomic E-state index is 10.0. The third-order valence-corrected chi connectivity index (χ3v) is 45.3. The number of hydrogen-bond donors (Lipinski definition) is 2. The van der Waals surface area contributed by atoms with Crippen molar-refractivity contribution in [2.45, 2.75) is 194 Å². The largest absolute Gasteiger partial charge is 1.00 e. The van der Waals surface area contributed by atoms with Gasteiger partial charge in [-0.15, -0.1) is 0 Å². The number of thiol groups is 1.